The fourth-order valence-electron chi connectivity index (χ4n) is 2.91. The van der Waals surface area contributed by atoms with E-state index in [0.29, 0.717) is 5.82 Å². The van der Waals surface area contributed by atoms with Gasteiger partial charge in [0.05, 0.1) is 11.4 Å². The summed E-state index contributed by atoms with van der Waals surface area (Å²) < 4.78 is 2.74. The summed E-state index contributed by atoms with van der Waals surface area (Å²) in [5.74, 6) is 0.738. The van der Waals surface area contributed by atoms with Crippen LogP contribution in [0.2, 0.25) is 0 Å². The Bertz CT molecular complexity index is 678. The summed E-state index contributed by atoms with van der Waals surface area (Å²) in [6, 6.07) is 0.244. The van der Waals surface area contributed by atoms with Gasteiger partial charge in [-0.15, -0.1) is 0 Å². The Morgan fingerprint density at radius 1 is 1.38 bits per heavy atom. The van der Waals surface area contributed by atoms with Crippen LogP contribution in [-0.2, 0) is 0 Å². The molecule has 0 bridgehead atoms. The van der Waals surface area contributed by atoms with Crippen molar-refractivity contribution in [3.8, 4) is 0 Å². The Labute approximate surface area is 134 Å². The third-order valence-corrected chi connectivity index (χ3v) is 4.80. The zero-order chi connectivity index (χ0) is 15.0. The second-order valence-corrected chi connectivity index (χ2v) is 6.25. The van der Waals surface area contributed by atoms with Crippen molar-refractivity contribution in [3.05, 3.63) is 10.0 Å². The molecule has 3 rings (SSSR count). The summed E-state index contributed by atoms with van der Waals surface area (Å²) in [7, 11) is 0. The molecule has 1 saturated carbocycles. The first-order valence-electron chi connectivity index (χ1n) is 6.74. The summed E-state index contributed by atoms with van der Waals surface area (Å²) >= 11 is 2.15. The average Bonchev–Trinajstić information content (AvgIpc) is 2.85. The van der Waals surface area contributed by atoms with Crippen molar-refractivity contribution in [2.45, 2.75) is 31.7 Å². The number of halogens is 1. The highest BCUT2D eigenvalue weighted by Gasteiger charge is 2.27. The van der Waals surface area contributed by atoms with Crippen LogP contribution >= 0.6 is 22.6 Å². The Balaban J connectivity index is 1.86. The Hall–Kier alpha value is -1.49. The first kappa shape index (κ1) is 14.4. The predicted octanol–water partition coefficient (Wildman–Crippen LogP) is 1.70. The third-order valence-electron chi connectivity index (χ3n) is 4.05. The first-order valence-corrected chi connectivity index (χ1v) is 7.82. The molecule has 2 aromatic rings. The van der Waals surface area contributed by atoms with Crippen LogP contribution in [0.25, 0.3) is 11.0 Å². The lowest BCUT2D eigenvalue weighted by molar-refractivity contribution is 0.215. The number of rotatable bonds is 2. The van der Waals surface area contributed by atoms with E-state index in [1.165, 1.54) is 6.33 Å². The molecule has 21 heavy (non-hydrogen) atoms. The van der Waals surface area contributed by atoms with Crippen molar-refractivity contribution < 1.29 is 5.21 Å². The van der Waals surface area contributed by atoms with Gasteiger partial charge in [-0.3, -0.25) is 16.1 Å². The monoisotopic (exact) mass is 401 g/mol. The summed E-state index contributed by atoms with van der Waals surface area (Å²) in [6.07, 6.45) is 4.94. The molecule has 0 aliphatic heterocycles. The van der Waals surface area contributed by atoms with Gasteiger partial charge < -0.3 is 5.73 Å². The van der Waals surface area contributed by atoms with Gasteiger partial charge in [-0.25, -0.2) is 14.6 Å². The molecular weight excluding hydrogens is 385 g/mol. The lowest BCUT2D eigenvalue weighted by Crippen LogP contribution is -2.31. The normalized spacial score (nSPS) is 22.4. The van der Waals surface area contributed by atoms with E-state index in [-0.39, 0.29) is 17.8 Å². The maximum atomic E-state index is 8.82. The van der Waals surface area contributed by atoms with Gasteiger partial charge in [0.2, 0.25) is 0 Å². The predicted molar refractivity (Wildman–Crippen MR) is 86.1 cm³/mol. The molecule has 1 aliphatic carbocycles. The number of hydroxylamine groups is 1. The van der Waals surface area contributed by atoms with Crippen LogP contribution in [0.5, 0.6) is 0 Å². The maximum Gasteiger partial charge on any atom is 0.164 e. The molecular formula is C12H16IN7O. The molecule has 0 saturated heterocycles. The number of hydrogen-bond donors (Lipinski definition) is 4. The zero-order valence-electron chi connectivity index (χ0n) is 11.3. The Kier molecular flexibility index (Phi) is 3.93. The van der Waals surface area contributed by atoms with Crippen molar-refractivity contribution in [2.75, 3.05) is 5.73 Å². The van der Waals surface area contributed by atoms with Gasteiger partial charge in [-0.2, -0.15) is 5.10 Å². The average molecular weight is 401 g/mol. The number of hydrogen-bond acceptors (Lipinski definition) is 6. The van der Waals surface area contributed by atoms with Crippen LogP contribution in [-0.4, -0.2) is 30.8 Å². The molecule has 1 fully saturated rings. The number of aromatic nitrogens is 4. The van der Waals surface area contributed by atoms with Crippen molar-refractivity contribution in [3.63, 3.8) is 0 Å². The van der Waals surface area contributed by atoms with E-state index < -0.39 is 0 Å². The molecule has 9 heteroatoms. The van der Waals surface area contributed by atoms with Crippen LogP contribution in [0, 0.1) is 15.0 Å². The van der Waals surface area contributed by atoms with Gasteiger partial charge in [-0.1, -0.05) is 0 Å². The number of nitrogen functional groups attached to an aromatic ring is 1. The summed E-state index contributed by atoms with van der Waals surface area (Å²) in [5, 5.41) is 21.8. The highest BCUT2D eigenvalue weighted by Crippen LogP contribution is 2.35. The second-order valence-electron chi connectivity index (χ2n) is 5.22. The molecule has 0 spiro atoms. The smallest absolute Gasteiger partial charge is 0.164 e. The number of fused-ring (bicyclic) bond motifs is 1. The van der Waals surface area contributed by atoms with E-state index in [2.05, 4.69) is 37.7 Å². The standard InChI is InChI=1S/C12H16IN7O/c13-9-8-11(15)16-5-17-12(8)20(18-9)7-3-1-6(2-4-7)10(14)19-21/h5-7,21H,1-4H2,(H2,14,19)(H2,15,16,17)/t6-,7-. The van der Waals surface area contributed by atoms with E-state index in [1.54, 1.807) is 0 Å². The third kappa shape index (κ3) is 2.55. The molecule has 0 aromatic carbocycles. The molecule has 2 heterocycles. The van der Waals surface area contributed by atoms with E-state index in [1.807, 2.05) is 10.2 Å². The Morgan fingerprint density at radius 3 is 2.76 bits per heavy atom. The topological polar surface area (TPSA) is 126 Å². The minimum absolute atomic E-state index is 0.0897. The number of anilines is 1. The molecule has 5 N–H and O–H groups in total. The molecule has 0 atom stereocenters. The van der Waals surface area contributed by atoms with Crippen LogP contribution in [0.15, 0.2) is 6.33 Å². The number of nitrogens with zero attached hydrogens (tertiary/aromatic N) is 4. The quantitative estimate of drug-likeness (QED) is 0.263. The van der Waals surface area contributed by atoms with Crippen LogP contribution in [0.3, 0.4) is 0 Å². The van der Waals surface area contributed by atoms with Crippen molar-refractivity contribution >= 4 is 45.3 Å². The second kappa shape index (κ2) is 5.72. The van der Waals surface area contributed by atoms with Gasteiger partial charge in [0, 0.05) is 5.92 Å². The van der Waals surface area contributed by atoms with Gasteiger partial charge in [-0.05, 0) is 48.3 Å². The maximum absolute atomic E-state index is 8.82. The van der Waals surface area contributed by atoms with Crippen molar-refractivity contribution in [1.29, 1.82) is 5.41 Å². The summed E-state index contributed by atoms with van der Waals surface area (Å²) in [6.45, 7) is 0. The SMILES string of the molecule is N=C(NO)[C@H]1CC[C@H](n2nc(I)c3c(N)ncnc32)CC1. The zero-order valence-corrected chi connectivity index (χ0v) is 13.4. The van der Waals surface area contributed by atoms with Crippen LogP contribution in [0.4, 0.5) is 5.82 Å². The Morgan fingerprint density at radius 2 is 2.10 bits per heavy atom. The minimum atomic E-state index is 0.0897. The fourth-order valence-corrected chi connectivity index (χ4v) is 3.66. The lowest BCUT2D eigenvalue weighted by Gasteiger charge is -2.28. The highest BCUT2D eigenvalue weighted by atomic mass is 127. The van der Waals surface area contributed by atoms with Crippen molar-refractivity contribution in [1.82, 2.24) is 25.2 Å². The van der Waals surface area contributed by atoms with E-state index in [4.69, 9.17) is 16.4 Å². The number of amidine groups is 1. The number of nitrogens with one attached hydrogen (secondary N) is 2. The molecule has 0 radical (unpaired) electrons. The molecule has 8 nitrogen and oxygen atoms in total. The van der Waals surface area contributed by atoms with Crippen molar-refractivity contribution in [2.24, 2.45) is 5.92 Å². The minimum Gasteiger partial charge on any atom is -0.383 e. The molecule has 2 aromatic heterocycles. The number of nitrogens with two attached hydrogens (primary N) is 1. The van der Waals surface area contributed by atoms with E-state index in [0.717, 1.165) is 40.4 Å². The van der Waals surface area contributed by atoms with Gasteiger partial charge in [0.1, 0.15) is 21.7 Å². The highest BCUT2D eigenvalue weighted by molar-refractivity contribution is 14.1. The van der Waals surface area contributed by atoms with Gasteiger partial charge in [0.25, 0.3) is 0 Å². The van der Waals surface area contributed by atoms with Crippen LogP contribution in [0.1, 0.15) is 31.7 Å². The van der Waals surface area contributed by atoms with E-state index >= 15 is 0 Å². The molecule has 0 amide bonds. The molecule has 112 valence electrons. The summed E-state index contributed by atoms with van der Waals surface area (Å²) in [5.41, 5.74) is 8.63. The molecule has 0 unspecified atom stereocenters. The largest absolute Gasteiger partial charge is 0.383 e. The lowest BCUT2D eigenvalue weighted by atomic mass is 9.85. The first-order chi connectivity index (χ1) is 10.1. The fraction of sp³-hybridized carbons (Fsp3) is 0.500. The summed E-state index contributed by atoms with van der Waals surface area (Å²) in [4.78, 5) is 8.34. The van der Waals surface area contributed by atoms with E-state index in [9.17, 15) is 0 Å². The van der Waals surface area contributed by atoms with Gasteiger partial charge in [0.15, 0.2) is 5.65 Å². The van der Waals surface area contributed by atoms with Gasteiger partial charge >= 0.3 is 0 Å². The molecule has 1 aliphatic rings. The van der Waals surface area contributed by atoms with Crippen LogP contribution < -0.4 is 11.2 Å².